The van der Waals surface area contributed by atoms with Crippen molar-refractivity contribution in [3.05, 3.63) is 126 Å². The van der Waals surface area contributed by atoms with E-state index in [9.17, 15) is 9.59 Å². The van der Waals surface area contributed by atoms with E-state index in [1.807, 2.05) is 91.1 Å². The number of aliphatic hydroxyl groups is 1. The molecule has 0 aliphatic rings. The number of carbonyl (C=O) groups excluding carboxylic acids is 2. The van der Waals surface area contributed by atoms with Gasteiger partial charge in [0.2, 0.25) is 0 Å². The van der Waals surface area contributed by atoms with Gasteiger partial charge in [0.05, 0.1) is 5.76 Å². The Labute approximate surface area is 239 Å². The number of ketones is 2. The third-order valence-corrected chi connectivity index (χ3v) is 5.65. The van der Waals surface area contributed by atoms with E-state index in [1.165, 1.54) is 25.5 Å². The number of benzene rings is 3. The van der Waals surface area contributed by atoms with Gasteiger partial charge in [0.1, 0.15) is 0 Å². The Morgan fingerprint density at radius 3 is 1.82 bits per heavy atom. The summed E-state index contributed by atoms with van der Waals surface area (Å²) < 4.78 is 0. The second-order valence-electron chi connectivity index (χ2n) is 9.84. The van der Waals surface area contributed by atoms with E-state index in [4.69, 9.17) is 5.11 Å². The molecule has 198 valence electrons. The van der Waals surface area contributed by atoms with Gasteiger partial charge >= 0.3 is 0 Å². The molecule has 1 aromatic heterocycles. The standard InChI is InChI=1S/C28H24NO.C5H8O2.Pt/c1-28(2,3)25-16-13-23(14-17-25)27(30)22-11-9-20(10-12-22)24-15-18-26(29-19-24)21-7-5-4-6-8-21;1-4(6)3-5(2)7;/h4-7,9-19H,1-3H3;3,6H,1-2H3;/q-1;;/b;4-3-;. The van der Waals surface area contributed by atoms with Crippen LogP contribution in [-0.2, 0) is 31.3 Å². The molecular formula is C33H32NO3Pt-. The molecule has 0 saturated carbocycles. The van der Waals surface area contributed by atoms with Gasteiger partial charge < -0.3 is 10.1 Å². The van der Waals surface area contributed by atoms with Crippen molar-refractivity contribution in [3.8, 4) is 22.4 Å². The molecule has 1 heterocycles. The van der Waals surface area contributed by atoms with Crippen LogP contribution in [0.4, 0.5) is 0 Å². The third kappa shape index (κ3) is 8.74. The number of pyridine rings is 1. The third-order valence-electron chi connectivity index (χ3n) is 5.65. The van der Waals surface area contributed by atoms with Gasteiger partial charge in [-0.25, -0.2) is 0 Å². The molecule has 4 rings (SSSR count). The molecule has 5 heteroatoms. The molecule has 4 nitrogen and oxygen atoms in total. The van der Waals surface area contributed by atoms with Crippen LogP contribution < -0.4 is 0 Å². The summed E-state index contributed by atoms with van der Waals surface area (Å²) in [6.07, 6.45) is 3.03. The van der Waals surface area contributed by atoms with E-state index in [0.29, 0.717) is 11.1 Å². The predicted octanol–water partition coefficient (Wildman–Crippen LogP) is 7.78. The van der Waals surface area contributed by atoms with Gasteiger partial charge in [-0.1, -0.05) is 81.4 Å². The second-order valence-corrected chi connectivity index (χ2v) is 9.84. The number of rotatable bonds is 5. The van der Waals surface area contributed by atoms with E-state index in [0.717, 1.165) is 22.4 Å². The van der Waals surface area contributed by atoms with Crippen molar-refractivity contribution in [1.82, 2.24) is 4.98 Å². The summed E-state index contributed by atoms with van der Waals surface area (Å²) in [6.45, 7) is 9.35. The summed E-state index contributed by atoms with van der Waals surface area (Å²) in [5.74, 6) is -0.0254. The first-order valence-electron chi connectivity index (χ1n) is 12.1. The molecule has 0 bridgehead atoms. The summed E-state index contributed by atoms with van der Waals surface area (Å²) >= 11 is 0. The van der Waals surface area contributed by atoms with Crippen molar-refractivity contribution >= 4 is 11.6 Å². The van der Waals surface area contributed by atoms with Crippen LogP contribution in [0.25, 0.3) is 22.4 Å². The number of aliphatic hydroxyl groups excluding tert-OH is 1. The largest absolute Gasteiger partial charge is 0.512 e. The van der Waals surface area contributed by atoms with Crippen LogP contribution >= 0.6 is 0 Å². The summed E-state index contributed by atoms with van der Waals surface area (Å²) in [6, 6.07) is 30.7. The maximum absolute atomic E-state index is 12.8. The fraction of sp³-hybridized carbons (Fsp3) is 0.182. The minimum atomic E-state index is -0.125. The average molecular weight is 686 g/mol. The minimum absolute atomic E-state index is 0. The number of aromatic nitrogens is 1. The topological polar surface area (TPSA) is 67.3 Å². The molecule has 0 atom stereocenters. The van der Waals surface area contributed by atoms with Crippen molar-refractivity contribution in [1.29, 1.82) is 0 Å². The first-order valence-corrected chi connectivity index (χ1v) is 12.1. The van der Waals surface area contributed by atoms with Crippen LogP contribution in [0.2, 0.25) is 0 Å². The quantitative estimate of drug-likeness (QED) is 0.101. The SMILES string of the molecule is CC(=O)/C=C(/C)O.CC(C)(C)c1ccc(C(=O)c2ccc(-c3ccc(-c4[c-]cccc4)nc3)cc2)cc1.[Pt]. The predicted molar refractivity (Wildman–Crippen MR) is 150 cm³/mol. The van der Waals surface area contributed by atoms with Gasteiger partial charge in [-0.15, -0.1) is 35.9 Å². The van der Waals surface area contributed by atoms with Crippen LogP contribution in [-0.4, -0.2) is 21.7 Å². The molecule has 0 aliphatic carbocycles. The molecule has 0 fully saturated rings. The molecule has 1 N–H and O–H groups in total. The van der Waals surface area contributed by atoms with Crippen molar-refractivity contribution in [3.63, 3.8) is 0 Å². The Kier molecular flexibility index (Phi) is 11.1. The summed E-state index contributed by atoms with van der Waals surface area (Å²) in [4.78, 5) is 27.4. The van der Waals surface area contributed by atoms with Crippen LogP contribution in [0.1, 0.15) is 56.1 Å². The Morgan fingerprint density at radius 1 is 0.816 bits per heavy atom. The second kappa shape index (κ2) is 13.8. The molecule has 38 heavy (non-hydrogen) atoms. The molecule has 3 aromatic carbocycles. The van der Waals surface area contributed by atoms with Gasteiger partial charge in [-0.3, -0.25) is 9.59 Å². The molecule has 0 saturated heterocycles. The number of allylic oxidation sites excluding steroid dienone is 2. The van der Waals surface area contributed by atoms with Crippen molar-refractivity contribution in [2.24, 2.45) is 0 Å². The first kappa shape index (κ1) is 30.6. The maximum Gasteiger partial charge on any atom is 0.193 e. The van der Waals surface area contributed by atoms with Crippen molar-refractivity contribution in [2.45, 2.75) is 40.0 Å². The summed E-state index contributed by atoms with van der Waals surface area (Å²) in [5, 5.41) is 8.36. The average Bonchev–Trinajstić information content (AvgIpc) is 2.88. The van der Waals surface area contributed by atoms with E-state index in [1.54, 1.807) is 0 Å². The van der Waals surface area contributed by atoms with Gasteiger partial charge in [0.15, 0.2) is 11.6 Å². The van der Waals surface area contributed by atoms with Gasteiger partial charge in [-0.2, -0.15) is 0 Å². The normalized spacial score (nSPS) is 11.0. The van der Waals surface area contributed by atoms with Crippen LogP contribution in [0.3, 0.4) is 0 Å². The van der Waals surface area contributed by atoms with E-state index < -0.39 is 0 Å². The number of hydrogen-bond donors (Lipinski definition) is 1. The number of hydrogen-bond acceptors (Lipinski definition) is 4. The van der Waals surface area contributed by atoms with Gasteiger partial charge in [0.25, 0.3) is 0 Å². The molecule has 0 unspecified atom stereocenters. The number of carbonyl (C=O) groups is 2. The van der Waals surface area contributed by atoms with E-state index in [-0.39, 0.29) is 43.8 Å². The van der Waals surface area contributed by atoms with Crippen LogP contribution in [0.15, 0.2) is 103 Å². The monoisotopic (exact) mass is 685 g/mol. The fourth-order valence-electron chi connectivity index (χ4n) is 3.67. The first-order chi connectivity index (χ1) is 17.5. The zero-order valence-electron chi connectivity index (χ0n) is 22.3. The molecule has 0 aliphatic heterocycles. The maximum atomic E-state index is 12.8. The van der Waals surface area contributed by atoms with Crippen LogP contribution in [0.5, 0.6) is 0 Å². The van der Waals surface area contributed by atoms with E-state index in [2.05, 4.69) is 31.8 Å². The fourth-order valence-corrected chi connectivity index (χ4v) is 3.67. The Bertz CT molecular complexity index is 1360. The van der Waals surface area contributed by atoms with Gasteiger partial charge in [0, 0.05) is 44.5 Å². The van der Waals surface area contributed by atoms with Gasteiger partial charge in [-0.05, 0) is 41.6 Å². The molecule has 0 spiro atoms. The van der Waals surface area contributed by atoms with Crippen molar-refractivity contribution in [2.75, 3.05) is 0 Å². The molecule has 4 aromatic rings. The Morgan fingerprint density at radius 2 is 1.39 bits per heavy atom. The van der Waals surface area contributed by atoms with E-state index >= 15 is 0 Å². The minimum Gasteiger partial charge on any atom is -0.512 e. The molecule has 0 radical (unpaired) electrons. The Hall–Kier alpha value is -3.62. The van der Waals surface area contributed by atoms with Crippen LogP contribution in [0, 0.1) is 6.07 Å². The zero-order valence-corrected chi connectivity index (χ0v) is 24.5. The molecule has 0 amide bonds. The molecular weight excluding hydrogens is 653 g/mol. The van der Waals surface area contributed by atoms with Crippen molar-refractivity contribution < 1.29 is 35.8 Å². The number of nitrogens with zero attached hydrogens (tertiary/aromatic N) is 1. The smallest absolute Gasteiger partial charge is 0.193 e. The Balaban J connectivity index is 0.000000561. The summed E-state index contributed by atoms with van der Waals surface area (Å²) in [7, 11) is 0. The summed E-state index contributed by atoms with van der Waals surface area (Å²) in [5.41, 5.74) is 6.61. The zero-order chi connectivity index (χ0) is 27.0.